The van der Waals surface area contributed by atoms with E-state index in [4.69, 9.17) is 14.6 Å². The number of methoxy groups -OCH3 is 1. The molecule has 0 fully saturated rings. The van der Waals surface area contributed by atoms with E-state index in [2.05, 4.69) is 0 Å². The summed E-state index contributed by atoms with van der Waals surface area (Å²) in [7, 11) is 1.64. The Hall–Kier alpha value is -3.27. The molecule has 0 saturated carbocycles. The Bertz CT molecular complexity index is 809. The first kappa shape index (κ1) is 17.5. The molecule has 0 saturated heterocycles. The van der Waals surface area contributed by atoms with Crippen molar-refractivity contribution in [1.82, 2.24) is 0 Å². The Kier molecular flexibility index (Phi) is 5.88. The minimum Gasteiger partial charge on any atom is -0.493 e. The zero-order valence-electron chi connectivity index (χ0n) is 15.0. The average molecular weight is 346 g/mol. The number of anilines is 2. The maximum Gasteiger partial charge on any atom is 0.161 e. The highest BCUT2D eigenvalue weighted by Crippen LogP contribution is 2.28. The summed E-state index contributed by atoms with van der Waals surface area (Å²) in [5.74, 6) is 1.43. The van der Waals surface area contributed by atoms with Gasteiger partial charge in [-0.1, -0.05) is 36.4 Å². The first-order valence-corrected chi connectivity index (χ1v) is 8.57. The van der Waals surface area contributed by atoms with Crippen molar-refractivity contribution in [3.8, 4) is 11.5 Å². The topological polar surface area (TPSA) is 34.1 Å². The molecular weight excluding hydrogens is 324 g/mol. The third kappa shape index (κ3) is 4.22. The van der Waals surface area contributed by atoms with Crippen LogP contribution in [0, 0.1) is 0 Å². The van der Waals surface area contributed by atoms with Gasteiger partial charge in [0.2, 0.25) is 0 Å². The van der Waals surface area contributed by atoms with Crippen molar-refractivity contribution in [3.05, 3.63) is 84.4 Å². The van der Waals surface area contributed by atoms with Crippen molar-refractivity contribution in [2.45, 2.75) is 6.92 Å². The normalized spacial score (nSPS) is 10.7. The van der Waals surface area contributed by atoms with E-state index in [1.807, 2.05) is 97.0 Å². The number of hydrazone groups is 1. The molecule has 0 amide bonds. The maximum atomic E-state index is 5.57. The number of para-hydroxylation sites is 2. The van der Waals surface area contributed by atoms with Crippen LogP contribution in [0.25, 0.3) is 0 Å². The van der Waals surface area contributed by atoms with E-state index < -0.39 is 0 Å². The molecule has 0 radical (unpaired) electrons. The van der Waals surface area contributed by atoms with Crippen molar-refractivity contribution in [3.63, 3.8) is 0 Å². The standard InChI is InChI=1S/C22H22N2O2/c1-3-26-21-15-14-18(16-22(21)25-2)17-23-24(19-10-6-4-7-11-19)20-12-8-5-9-13-20/h4-17H,3H2,1-2H3/b23-17+. The second-order valence-electron chi connectivity index (χ2n) is 5.57. The molecule has 4 nitrogen and oxygen atoms in total. The van der Waals surface area contributed by atoms with Crippen LogP contribution in [0.2, 0.25) is 0 Å². The summed E-state index contributed by atoms with van der Waals surface area (Å²) in [6.07, 6.45) is 1.82. The summed E-state index contributed by atoms with van der Waals surface area (Å²) < 4.78 is 11.0. The van der Waals surface area contributed by atoms with Gasteiger partial charge in [-0.3, -0.25) is 0 Å². The Morgan fingerprint density at radius 1 is 0.846 bits per heavy atom. The van der Waals surface area contributed by atoms with Crippen LogP contribution in [-0.2, 0) is 0 Å². The Labute approximate surface area is 154 Å². The largest absolute Gasteiger partial charge is 0.493 e. The van der Waals surface area contributed by atoms with Gasteiger partial charge in [0.25, 0.3) is 0 Å². The van der Waals surface area contributed by atoms with Gasteiger partial charge in [-0.2, -0.15) is 5.10 Å². The highest BCUT2D eigenvalue weighted by Gasteiger charge is 2.08. The molecule has 0 N–H and O–H groups in total. The van der Waals surface area contributed by atoms with Crippen LogP contribution < -0.4 is 14.5 Å². The fraction of sp³-hybridized carbons (Fsp3) is 0.136. The fourth-order valence-corrected chi connectivity index (χ4v) is 2.58. The molecule has 0 unspecified atom stereocenters. The van der Waals surface area contributed by atoms with Crippen molar-refractivity contribution in [2.75, 3.05) is 18.7 Å². The van der Waals surface area contributed by atoms with E-state index in [1.54, 1.807) is 7.11 Å². The van der Waals surface area contributed by atoms with Crippen molar-refractivity contribution in [1.29, 1.82) is 0 Å². The van der Waals surface area contributed by atoms with Crippen molar-refractivity contribution in [2.24, 2.45) is 5.10 Å². The molecule has 0 atom stereocenters. The van der Waals surface area contributed by atoms with Gasteiger partial charge in [0, 0.05) is 0 Å². The van der Waals surface area contributed by atoms with Gasteiger partial charge in [-0.25, -0.2) is 5.01 Å². The maximum absolute atomic E-state index is 5.57. The molecule has 0 aliphatic heterocycles. The molecule has 3 aromatic carbocycles. The van der Waals surface area contributed by atoms with Crippen LogP contribution in [0.5, 0.6) is 11.5 Å². The highest BCUT2D eigenvalue weighted by atomic mass is 16.5. The van der Waals surface area contributed by atoms with E-state index in [0.717, 1.165) is 22.7 Å². The van der Waals surface area contributed by atoms with Gasteiger partial charge >= 0.3 is 0 Å². The van der Waals surface area contributed by atoms with Crippen LogP contribution in [0.3, 0.4) is 0 Å². The van der Waals surface area contributed by atoms with E-state index >= 15 is 0 Å². The molecule has 26 heavy (non-hydrogen) atoms. The third-order valence-electron chi connectivity index (χ3n) is 3.81. The lowest BCUT2D eigenvalue weighted by Gasteiger charge is -2.19. The zero-order chi connectivity index (χ0) is 18.2. The minimum absolute atomic E-state index is 0.597. The summed E-state index contributed by atoms with van der Waals surface area (Å²) in [5, 5.41) is 6.60. The second kappa shape index (κ2) is 8.72. The quantitative estimate of drug-likeness (QED) is 0.432. The van der Waals surface area contributed by atoms with Crippen LogP contribution in [0.1, 0.15) is 12.5 Å². The number of hydrogen-bond donors (Lipinski definition) is 0. The summed E-state index contributed by atoms with van der Waals surface area (Å²) in [5.41, 5.74) is 2.92. The predicted molar refractivity (Wildman–Crippen MR) is 107 cm³/mol. The van der Waals surface area contributed by atoms with Crippen LogP contribution >= 0.6 is 0 Å². The molecule has 0 bridgehead atoms. The fourth-order valence-electron chi connectivity index (χ4n) is 2.58. The molecule has 4 heteroatoms. The van der Waals surface area contributed by atoms with E-state index in [0.29, 0.717) is 12.4 Å². The second-order valence-corrected chi connectivity index (χ2v) is 5.57. The Morgan fingerprint density at radius 2 is 1.46 bits per heavy atom. The monoisotopic (exact) mass is 346 g/mol. The molecule has 132 valence electrons. The molecule has 0 aliphatic carbocycles. The molecular formula is C22H22N2O2. The molecule has 3 aromatic rings. The van der Waals surface area contributed by atoms with Crippen molar-refractivity contribution < 1.29 is 9.47 Å². The SMILES string of the molecule is CCOc1ccc(/C=N/N(c2ccccc2)c2ccccc2)cc1OC. The Morgan fingerprint density at radius 3 is 2.00 bits per heavy atom. The summed E-state index contributed by atoms with van der Waals surface area (Å²) in [6.45, 7) is 2.55. The summed E-state index contributed by atoms with van der Waals surface area (Å²) in [4.78, 5) is 0. The van der Waals surface area contributed by atoms with Crippen LogP contribution in [0.4, 0.5) is 11.4 Å². The first-order valence-electron chi connectivity index (χ1n) is 8.57. The lowest BCUT2D eigenvalue weighted by Crippen LogP contribution is -2.09. The van der Waals surface area contributed by atoms with Crippen molar-refractivity contribution >= 4 is 17.6 Å². The van der Waals surface area contributed by atoms with Crippen LogP contribution in [-0.4, -0.2) is 19.9 Å². The van der Waals surface area contributed by atoms with Gasteiger partial charge in [-0.15, -0.1) is 0 Å². The van der Waals surface area contributed by atoms with Gasteiger partial charge in [0.05, 0.1) is 31.3 Å². The molecule has 0 aliphatic rings. The third-order valence-corrected chi connectivity index (χ3v) is 3.81. The summed E-state index contributed by atoms with van der Waals surface area (Å²) >= 11 is 0. The molecule has 0 spiro atoms. The number of benzene rings is 3. The Balaban J connectivity index is 1.92. The lowest BCUT2D eigenvalue weighted by molar-refractivity contribution is 0.311. The number of hydrogen-bond acceptors (Lipinski definition) is 4. The van der Waals surface area contributed by atoms with Gasteiger partial charge in [-0.05, 0) is 55.0 Å². The van der Waals surface area contributed by atoms with E-state index in [-0.39, 0.29) is 0 Å². The zero-order valence-corrected chi connectivity index (χ0v) is 15.0. The number of ether oxygens (including phenoxy) is 2. The number of nitrogens with zero attached hydrogens (tertiary/aromatic N) is 2. The van der Waals surface area contributed by atoms with Gasteiger partial charge in [0.1, 0.15) is 0 Å². The molecule has 3 rings (SSSR count). The lowest BCUT2D eigenvalue weighted by atomic mass is 10.2. The molecule has 0 aromatic heterocycles. The molecule has 0 heterocycles. The predicted octanol–water partition coefficient (Wildman–Crippen LogP) is 5.27. The first-order chi connectivity index (χ1) is 12.8. The number of rotatable bonds is 7. The van der Waals surface area contributed by atoms with Gasteiger partial charge < -0.3 is 9.47 Å². The average Bonchev–Trinajstić information content (AvgIpc) is 2.71. The van der Waals surface area contributed by atoms with Gasteiger partial charge in [0.15, 0.2) is 11.5 Å². The van der Waals surface area contributed by atoms with E-state index in [9.17, 15) is 0 Å². The van der Waals surface area contributed by atoms with E-state index in [1.165, 1.54) is 0 Å². The highest BCUT2D eigenvalue weighted by molar-refractivity contribution is 5.83. The van der Waals surface area contributed by atoms with Crippen LogP contribution in [0.15, 0.2) is 84.0 Å². The smallest absolute Gasteiger partial charge is 0.161 e. The summed E-state index contributed by atoms with van der Waals surface area (Å²) in [6, 6.07) is 25.9. The minimum atomic E-state index is 0.597.